The molecule has 4 nitrogen and oxygen atoms in total. The minimum absolute atomic E-state index is 0.131. The number of thioether (sulfide) groups is 1. The summed E-state index contributed by atoms with van der Waals surface area (Å²) in [6.07, 6.45) is 0. The van der Waals surface area contributed by atoms with Crippen LogP contribution in [0, 0.1) is 0 Å². The van der Waals surface area contributed by atoms with Crippen LogP contribution >= 0.6 is 11.8 Å². The van der Waals surface area contributed by atoms with Gasteiger partial charge in [-0.2, -0.15) is 8.78 Å². The first kappa shape index (κ1) is 15.7. The lowest BCUT2D eigenvalue weighted by Gasteiger charge is -2.23. The van der Waals surface area contributed by atoms with Crippen molar-refractivity contribution in [3.05, 3.63) is 24.3 Å². The summed E-state index contributed by atoms with van der Waals surface area (Å²) in [5, 5.41) is 11.6. The van der Waals surface area contributed by atoms with Crippen molar-refractivity contribution in [1.82, 2.24) is 4.90 Å². The Morgan fingerprint density at radius 3 is 2.47 bits per heavy atom. The molecule has 1 unspecified atom stereocenters. The molecule has 2 amide bonds. The van der Waals surface area contributed by atoms with Crippen molar-refractivity contribution < 1.29 is 18.7 Å². The van der Waals surface area contributed by atoms with Gasteiger partial charge in [0.25, 0.3) is 5.76 Å². The van der Waals surface area contributed by atoms with Crippen molar-refractivity contribution in [3.63, 3.8) is 0 Å². The van der Waals surface area contributed by atoms with Crippen LogP contribution in [0.5, 0.6) is 0 Å². The Kier molecular flexibility index (Phi) is 6.04. The number of rotatable bonds is 5. The minimum Gasteiger partial charge on any atom is -0.394 e. The van der Waals surface area contributed by atoms with Crippen molar-refractivity contribution in [3.8, 4) is 0 Å². The van der Waals surface area contributed by atoms with Crippen LogP contribution in [0.3, 0.4) is 0 Å². The van der Waals surface area contributed by atoms with E-state index in [2.05, 4.69) is 5.32 Å². The van der Waals surface area contributed by atoms with E-state index in [0.29, 0.717) is 22.3 Å². The first-order chi connectivity index (χ1) is 8.93. The van der Waals surface area contributed by atoms with Gasteiger partial charge in [0.05, 0.1) is 12.6 Å². The van der Waals surface area contributed by atoms with E-state index in [-0.39, 0.29) is 18.7 Å². The Hall–Kier alpha value is -1.34. The number of nitrogens with zero attached hydrogens (tertiary/aromatic N) is 1. The van der Waals surface area contributed by atoms with Crippen LogP contribution in [0.15, 0.2) is 29.2 Å². The highest BCUT2D eigenvalue weighted by atomic mass is 32.2. The van der Waals surface area contributed by atoms with Gasteiger partial charge in [0.15, 0.2) is 0 Å². The van der Waals surface area contributed by atoms with Gasteiger partial charge in [-0.1, -0.05) is 11.8 Å². The van der Waals surface area contributed by atoms with Crippen LogP contribution < -0.4 is 5.32 Å². The number of hydrogen-bond acceptors (Lipinski definition) is 3. The summed E-state index contributed by atoms with van der Waals surface area (Å²) in [6, 6.07) is 5.48. The van der Waals surface area contributed by atoms with Gasteiger partial charge in [-0.15, -0.1) is 0 Å². The standard InChI is InChI=1S/C12H16F2N2O2S/c1-8(7-17)16(2)12(18)15-9-3-5-10(6-4-9)19-11(13)14/h3-6,8,11,17H,7H2,1-2H3,(H,15,18). The number of hydrogen-bond donors (Lipinski definition) is 2. The van der Waals surface area contributed by atoms with Crippen LogP contribution in [-0.4, -0.2) is 41.5 Å². The van der Waals surface area contributed by atoms with E-state index in [1.165, 1.54) is 17.0 Å². The molecule has 0 radical (unpaired) electrons. The molecule has 0 saturated carbocycles. The maximum Gasteiger partial charge on any atom is 0.321 e. The molecule has 0 aromatic heterocycles. The number of aliphatic hydroxyl groups excluding tert-OH is 1. The summed E-state index contributed by atoms with van der Waals surface area (Å²) < 4.78 is 24.3. The fraction of sp³-hybridized carbons (Fsp3) is 0.417. The normalized spacial score (nSPS) is 12.3. The van der Waals surface area contributed by atoms with E-state index >= 15 is 0 Å². The second-order valence-electron chi connectivity index (χ2n) is 3.98. The number of likely N-dealkylation sites (N-methyl/N-ethyl adjacent to an activating group) is 1. The summed E-state index contributed by atoms with van der Waals surface area (Å²) in [5.74, 6) is -2.46. The highest BCUT2D eigenvalue weighted by Gasteiger charge is 2.14. The number of urea groups is 1. The maximum absolute atomic E-state index is 12.1. The number of anilines is 1. The van der Waals surface area contributed by atoms with Gasteiger partial charge >= 0.3 is 6.03 Å². The zero-order valence-corrected chi connectivity index (χ0v) is 11.5. The number of carbonyl (C=O) groups is 1. The van der Waals surface area contributed by atoms with Crippen molar-refractivity contribution in [2.45, 2.75) is 23.6 Å². The van der Waals surface area contributed by atoms with Crippen molar-refractivity contribution >= 4 is 23.5 Å². The van der Waals surface area contributed by atoms with Gasteiger partial charge in [0.1, 0.15) is 0 Å². The summed E-state index contributed by atoms with van der Waals surface area (Å²) in [5.41, 5.74) is 0.514. The number of amides is 2. The van der Waals surface area contributed by atoms with Crippen LogP contribution in [0.2, 0.25) is 0 Å². The predicted octanol–water partition coefficient (Wildman–Crippen LogP) is 2.85. The molecule has 1 aromatic carbocycles. The number of carbonyl (C=O) groups excluding carboxylic acids is 1. The molecule has 1 atom stereocenters. The number of aliphatic hydroxyl groups is 1. The van der Waals surface area contributed by atoms with E-state index in [1.54, 1.807) is 26.1 Å². The lowest BCUT2D eigenvalue weighted by molar-refractivity contribution is 0.166. The molecule has 0 aliphatic rings. The quantitative estimate of drug-likeness (QED) is 0.820. The van der Waals surface area contributed by atoms with Crippen LogP contribution in [-0.2, 0) is 0 Å². The molecule has 7 heteroatoms. The molecule has 106 valence electrons. The number of alkyl halides is 2. The summed E-state index contributed by atoms with van der Waals surface area (Å²) in [6.45, 7) is 1.58. The fourth-order valence-electron chi connectivity index (χ4n) is 1.25. The molecule has 0 saturated heterocycles. The summed E-state index contributed by atoms with van der Waals surface area (Å²) in [7, 11) is 1.57. The Labute approximate surface area is 114 Å². The van der Waals surface area contributed by atoms with Gasteiger partial charge < -0.3 is 15.3 Å². The molecular formula is C12H16F2N2O2S. The average Bonchev–Trinajstić information content (AvgIpc) is 2.38. The predicted molar refractivity (Wildman–Crippen MR) is 71.6 cm³/mol. The fourth-order valence-corrected chi connectivity index (χ4v) is 1.75. The molecule has 0 aliphatic carbocycles. The van der Waals surface area contributed by atoms with Gasteiger partial charge in [0.2, 0.25) is 0 Å². The minimum atomic E-state index is -2.46. The van der Waals surface area contributed by atoms with Crippen molar-refractivity contribution in [2.24, 2.45) is 0 Å². The molecule has 1 rings (SSSR count). The molecule has 2 N–H and O–H groups in total. The Bertz CT molecular complexity index is 415. The second kappa shape index (κ2) is 7.30. The van der Waals surface area contributed by atoms with Crippen LogP contribution in [0.25, 0.3) is 0 Å². The molecular weight excluding hydrogens is 274 g/mol. The van der Waals surface area contributed by atoms with Crippen LogP contribution in [0.4, 0.5) is 19.3 Å². The second-order valence-corrected chi connectivity index (χ2v) is 5.04. The Morgan fingerprint density at radius 1 is 1.42 bits per heavy atom. The molecule has 1 aromatic rings. The third-order valence-corrected chi connectivity index (χ3v) is 3.30. The van der Waals surface area contributed by atoms with Crippen LogP contribution in [0.1, 0.15) is 6.92 Å². The summed E-state index contributed by atoms with van der Waals surface area (Å²) in [4.78, 5) is 13.6. The van der Waals surface area contributed by atoms with Gasteiger partial charge in [-0.25, -0.2) is 4.79 Å². The van der Waals surface area contributed by atoms with Crippen molar-refractivity contribution in [1.29, 1.82) is 0 Å². The topological polar surface area (TPSA) is 52.6 Å². The molecule has 0 fully saturated rings. The van der Waals surface area contributed by atoms with Gasteiger partial charge in [0, 0.05) is 17.6 Å². The number of nitrogens with one attached hydrogen (secondary N) is 1. The Morgan fingerprint density at radius 2 is 2.00 bits per heavy atom. The van der Waals surface area contributed by atoms with Crippen molar-refractivity contribution in [2.75, 3.05) is 19.0 Å². The monoisotopic (exact) mass is 290 g/mol. The molecule has 19 heavy (non-hydrogen) atoms. The number of halogens is 2. The van der Waals surface area contributed by atoms with Gasteiger partial charge in [-0.05, 0) is 31.2 Å². The van der Waals surface area contributed by atoms with E-state index in [4.69, 9.17) is 5.11 Å². The first-order valence-corrected chi connectivity index (χ1v) is 6.51. The summed E-state index contributed by atoms with van der Waals surface area (Å²) >= 11 is 0.451. The SMILES string of the molecule is CC(CO)N(C)C(=O)Nc1ccc(SC(F)F)cc1. The first-order valence-electron chi connectivity index (χ1n) is 5.63. The van der Waals surface area contributed by atoms with E-state index in [1.807, 2.05) is 0 Å². The zero-order valence-electron chi connectivity index (χ0n) is 10.6. The lowest BCUT2D eigenvalue weighted by atomic mass is 10.3. The smallest absolute Gasteiger partial charge is 0.321 e. The third kappa shape index (κ3) is 5.04. The molecule has 0 aliphatic heterocycles. The lowest BCUT2D eigenvalue weighted by Crippen LogP contribution is -2.40. The highest BCUT2D eigenvalue weighted by molar-refractivity contribution is 7.99. The van der Waals surface area contributed by atoms with E-state index in [9.17, 15) is 13.6 Å². The average molecular weight is 290 g/mol. The zero-order chi connectivity index (χ0) is 14.4. The highest BCUT2D eigenvalue weighted by Crippen LogP contribution is 2.26. The van der Waals surface area contributed by atoms with E-state index in [0.717, 1.165) is 0 Å². The molecule has 0 bridgehead atoms. The van der Waals surface area contributed by atoms with E-state index < -0.39 is 5.76 Å². The largest absolute Gasteiger partial charge is 0.394 e. The molecule has 0 heterocycles. The number of benzene rings is 1. The molecule has 0 spiro atoms. The van der Waals surface area contributed by atoms with Gasteiger partial charge in [-0.3, -0.25) is 0 Å². The third-order valence-electron chi connectivity index (χ3n) is 2.58. The Balaban J connectivity index is 2.60. The maximum atomic E-state index is 12.1.